The Morgan fingerprint density at radius 3 is 2.21 bits per heavy atom. The number of rotatable bonds is 7. The van der Waals surface area contributed by atoms with Crippen molar-refractivity contribution in [1.82, 2.24) is 16.1 Å². The zero-order valence-electron chi connectivity index (χ0n) is 18.5. The van der Waals surface area contributed by atoms with Crippen molar-refractivity contribution in [1.29, 1.82) is 0 Å². The number of carbonyl (C=O) groups is 2. The number of hydrogen-bond donors (Lipinski definition) is 5. The summed E-state index contributed by atoms with van der Waals surface area (Å²) in [4.78, 5) is 23.7. The molecule has 1 unspecified atom stereocenters. The number of nitrogens with two attached hydrogens (primary N) is 1. The van der Waals surface area contributed by atoms with Gasteiger partial charge < -0.3 is 16.4 Å². The number of fused-ring (bicyclic) bond motifs is 2. The van der Waals surface area contributed by atoms with Gasteiger partial charge in [0.1, 0.15) is 6.04 Å². The Bertz CT molecular complexity index is 1040. The van der Waals surface area contributed by atoms with Crippen LogP contribution in [0.15, 0.2) is 48.5 Å². The molecule has 2 bridgehead atoms. The van der Waals surface area contributed by atoms with Gasteiger partial charge in [0.05, 0.1) is 0 Å². The minimum absolute atomic E-state index is 0.127. The van der Waals surface area contributed by atoms with Crippen molar-refractivity contribution < 1.29 is 14.8 Å². The highest BCUT2D eigenvalue weighted by Crippen LogP contribution is 2.44. The topological polar surface area (TPSA) is 116 Å². The van der Waals surface area contributed by atoms with Crippen LogP contribution in [0.25, 0.3) is 0 Å². The molecule has 2 aromatic rings. The van der Waals surface area contributed by atoms with Gasteiger partial charge in [-0.1, -0.05) is 30.4 Å². The lowest BCUT2D eigenvalue weighted by molar-refractivity contribution is -0.130. The number of hydroxylamine groups is 1. The van der Waals surface area contributed by atoms with E-state index in [0.29, 0.717) is 11.6 Å². The molecule has 7 nitrogen and oxygen atoms in total. The monoisotopic (exact) mass is 446 g/mol. The molecule has 0 aromatic heterocycles. The molecule has 2 aliphatic carbocycles. The van der Waals surface area contributed by atoms with Crippen molar-refractivity contribution >= 4 is 11.8 Å². The molecule has 2 fully saturated rings. The number of benzene rings is 2. The Morgan fingerprint density at radius 1 is 1.00 bits per heavy atom. The van der Waals surface area contributed by atoms with E-state index in [-0.39, 0.29) is 6.54 Å². The molecule has 2 aliphatic rings. The zero-order valence-corrected chi connectivity index (χ0v) is 18.5. The molecule has 2 amide bonds. The van der Waals surface area contributed by atoms with Gasteiger partial charge in [0.2, 0.25) is 0 Å². The quantitative estimate of drug-likeness (QED) is 0.253. The third-order valence-corrected chi connectivity index (χ3v) is 6.73. The van der Waals surface area contributed by atoms with Gasteiger partial charge in [-0.05, 0) is 73.1 Å². The van der Waals surface area contributed by atoms with E-state index in [4.69, 9.17) is 10.9 Å². The second-order valence-corrected chi connectivity index (χ2v) is 8.92. The summed E-state index contributed by atoms with van der Waals surface area (Å²) in [5.74, 6) is 6.86. The van der Waals surface area contributed by atoms with Gasteiger partial charge in [0.25, 0.3) is 11.8 Å². The van der Waals surface area contributed by atoms with Crippen LogP contribution in [-0.2, 0) is 11.3 Å². The van der Waals surface area contributed by atoms with E-state index >= 15 is 0 Å². The van der Waals surface area contributed by atoms with Crippen molar-refractivity contribution in [3.63, 3.8) is 0 Å². The molecule has 0 radical (unpaired) electrons. The molecule has 2 saturated carbocycles. The minimum atomic E-state index is -1.01. The van der Waals surface area contributed by atoms with E-state index < -0.39 is 17.9 Å². The first kappa shape index (κ1) is 23.0. The first-order valence-corrected chi connectivity index (χ1v) is 11.4. The maximum absolute atomic E-state index is 12.3. The van der Waals surface area contributed by atoms with Crippen molar-refractivity contribution in [2.24, 2.45) is 17.6 Å². The molecule has 2 aromatic carbocycles. The summed E-state index contributed by atoms with van der Waals surface area (Å²) < 4.78 is 0. The van der Waals surface area contributed by atoms with E-state index in [9.17, 15) is 9.59 Å². The molecule has 0 spiro atoms. The Hall–Kier alpha value is -3.18. The molecule has 33 heavy (non-hydrogen) atoms. The fraction of sp³-hybridized carbons (Fsp3) is 0.385. The SMILES string of the molecule is NC[C@H](NC(=O)c1ccc(C#Cc2ccc(CN[C@@H]3CC4CC[C@@H]3C4)cc2)cc1)C(=O)NO. The first-order chi connectivity index (χ1) is 16.1. The maximum atomic E-state index is 12.3. The van der Waals surface area contributed by atoms with Gasteiger partial charge >= 0.3 is 0 Å². The van der Waals surface area contributed by atoms with Crippen LogP contribution in [0, 0.1) is 23.7 Å². The lowest BCUT2D eigenvalue weighted by atomic mass is 9.95. The van der Waals surface area contributed by atoms with Gasteiger partial charge in [0, 0.05) is 35.8 Å². The van der Waals surface area contributed by atoms with Crippen LogP contribution >= 0.6 is 0 Å². The van der Waals surface area contributed by atoms with Crippen LogP contribution < -0.4 is 21.8 Å². The summed E-state index contributed by atoms with van der Waals surface area (Å²) in [7, 11) is 0. The predicted octanol–water partition coefficient (Wildman–Crippen LogP) is 1.93. The summed E-state index contributed by atoms with van der Waals surface area (Å²) in [5, 5.41) is 14.9. The van der Waals surface area contributed by atoms with E-state index in [1.165, 1.54) is 36.7 Å². The van der Waals surface area contributed by atoms with Crippen LogP contribution in [0.3, 0.4) is 0 Å². The van der Waals surface area contributed by atoms with Crippen LogP contribution in [-0.4, -0.2) is 35.7 Å². The van der Waals surface area contributed by atoms with Crippen molar-refractivity contribution in [2.45, 2.75) is 44.3 Å². The van der Waals surface area contributed by atoms with Crippen molar-refractivity contribution in [3.05, 3.63) is 70.8 Å². The fourth-order valence-corrected chi connectivity index (χ4v) is 4.85. The van der Waals surface area contributed by atoms with E-state index in [0.717, 1.165) is 29.5 Å². The summed E-state index contributed by atoms with van der Waals surface area (Å²) in [6.07, 6.45) is 5.55. The highest BCUT2D eigenvalue weighted by atomic mass is 16.5. The number of hydrogen-bond acceptors (Lipinski definition) is 5. The Labute approximate surface area is 194 Å². The third-order valence-electron chi connectivity index (χ3n) is 6.73. The second-order valence-electron chi connectivity index (χ2n) is 8.92. The number of amides is 2. The Balaban J connectivity index is 1.29. The first-order valence-electron chi connectivity index (χ1n) is 11.4. The van der Waals surface area contributed by atoms with Crippen molar-refractivity contribution in [3.8, 4) is 11.8 Å². The molecule has 0 heterocycles. The fourth-order valence-electron chi connectivity index (χ4n) is 4.85. The van der Waals surface area contributed by atoms with Gasteiger partial charge in [0.15, 0.2) is 0 Å². The molecule has 0 saturated heterocycles. The largest absolute Gasteiger partial charge is 0.339 e. The van der Waals surface area contributed by atoms with Crippen LogP contribution in [0.4, 0.5) is 0 Å². The summed E-state index contributed by atoms with van der Waals surface area (Å²) >= 11 is 0. The van der Waals surface area contributed by atoms with Gasteiger partial charge in [-0.3, -0.25) is 14.8 Å². The molecular formula is C26H30N4O3. The standard InChI is InChI=1S/C26H30N4O3/c27-15-24(26(32)30-33)29-25(31)21-10-7-18(8-11-21)2-1-17-3-5-19(6-4-17)16-28-23-14-20-9-12-22(23)13-20/h3-8,10-11,20,22-24,28,33H,9,12-16,27H2,(H,29,31)(H,30,32)/t20?,22-,23-,24+/m1/s1. The average Bonchev–Trinajstić information content (AvgIpc) is 3.48. The maximum Gasteiger partial charge on any atom is 0.267 e. The van der Waals surface area contributed by atoms with Gasteiger partial charge in [-0.2, -0.15) is 0 Å². The highest BCUT2D eigenvalue weighted by Gasteiger charge is 2.38. The van der Waals surface area contributed by atoms with Gasteiger partial charge in [-0.15, -0.1) is 0 Å². The van der Waals surface area contributed by atoms with Crippen LogP contribution in [0.2, 0.25) is 0 Å². The highest BCUT2D eigenvalue weighted by molar-refractivity contribution is 5.97. The minimum Gasteiger partial charge on any atom is -0.339 e. The Kier molecular flexibility index (Phi) is 7.40. The second kappa shape index (κ2) is 10.6. The molecule has 4 rings (SSSR count). The lowest BCUT2D eigenvalue weighted by Crippen LogP contribution is -2.50. The lowest BCUT2D eigenvalue weighted by Gasteiger charge is -2.23. The molecule has 7 heteroatoms. The molecular weight excluding hydrogens is 416 g/mol. The molecule has 172 valence electrons. The number of nitrogens with one attached hydrogen (secondary N) is 3. The smallest absolute Gasteiger partial charge is 0.267 e. The summed E-state index contributed by atoms with van der Waals surface area (Å²) in [6.45, 7) is 0.772. The van der Waals surface area contributed by atoms with E-state index in [1.807, 2.05) is 12.1 Å². The zero-order chi connectivity index (χ0) is 23.2. The molecule has 0 aliphatic heterocycles. The summed E-state index contributed by atoms with van der Waals surface area (Å²) in [6, 6.07) is 14.7. The number of carbonyl (C=O) groups excluding carboxylic acids is 2. The van der Waals surface area contributed by atoms with E-state index in [2.05, 4.69) is 34.6 Å². The molecule has 6 N–H and O–H groups in total. The van der Waals surface area contributed by atoms with Crippen molar-refractivity contribution in [2.75, 3.05) is 6.54 Å². The average molecular weight is 447 g/mol. The third kappa shape index (κ3) is 5.79. The predicted molar refractivity (Wildman–Crippen MR) is 125 cm³/mol. The van der Waals surface area contributed by atoms with Crippen LogP contribution in [0.1, 0.15) is 52.7 Å². The van der Waals surface area contributed by atoms with Crippen LogP contribution in [0.5, 0.6) is 0 Å². The van der Waals surface area contributed by atoms with E-state index in [1.54, 1.807) is 24.3 Å². The molecule has 4 atom stereocenters. The normalized spacial score (nSPS) is 21.7. The summed E-state index contributed by atoms with van der Waals surface area (Å²) in [5.41, 5.74) is 10.3. The van der Waals surface area contributed by atoms with Gasteiger partial charge in [-0.25, -0.2) is 5.48 Å². The Morgan fingerprint density at radius 2 is 1.67 bits per heavy atom.